The van der Waals surface area contributed by atoms with Gasteiger partial charge in [0.15, 0.2) is 5.13 Å². The van der Waals surface area contributed by atoms with Gasteiger partial charge in [-0.15, -0.1) is 11.3 Å². The third kappa shape index (κ3) is 2.57. The second-order valence-corrected chi connectivity index (χ2v) is 4.76. The number of carbonyl (C=O) groups excluding carboxylic acids is 2. The first-order valence-corrected chi connectivity index (χ1v) is 6.06. The van der Waals surface area contributed by atoms with E-state index in [1.165, 1.54) is 11.3 Å². The van der Waals surface area contributed by atoms with E-state index in [2.05, 4.69) is 10.3 Å². The minimum absolute atomic E-state index is 0.0335. The fourth-order valence-electron chi connectivity index (χ4n) is 1.50. The fourth-order valence-corrected chi connectivity index (χ4v) is 2.22. The number of rotatable bonds is 4. The SMILES string of the molecule is NC(=O)Cc1csc(NC(=O)C2CCC2)n1. The van der Waals surface area contributed by atoms with E-state index in [1.807, 2.05) is 0 Å². The fraction of sp³-hybridized carbons (Fsp3) is 0.500. The number of nitrogens with two attached hydrogens (primary N) is 1. The molecule has 0 spiro atoms. The van der Waals surface area contributed by atoms with Crippen LogP contribution in [0, 0.1) is 5.92 Å². The first kappa shape index (κ1) is 11.1. The second kappa shape index (κ2) is 4.61. The van der Waals surface area contributed by atoms with Crippen LogP contribution in [0.3, 0.4) is 0 Å². The van der Waals surface area contributed by atoms with Gasteiger partial charge in [-0.2, -0.15) is 0 Å². The average Bonchev–Trinajstić information content (AvgIpc) is 2.47. The summed E-state index contributed by atoms with van der Waals surface area (Å²) in [5.41, 5.74) is 5.66. The number of hydrogen-bond donors (Lipinski definition) is 2. The van der Waals surface area contributed by atoms with Gasteiger partial charge in [-0.3, -0.25) is 9.59 Å². The van der Waals surface area contributed by atoms with Gasteiger partial charge in [-0.25, -0.2) is 4.98 Å². The molecule has 0 aromatic carbocycles. The zero-order valence-corrected chi connectivity index (χ0v) is 9.55. The Kier molecular flexibility index (Phi) is 3.19. The van der Waals surface area contributed by atoms with Crippen LogP contribution < -0.4 is 11.1 Å². The predicted octanol–water partition coefficient (Wildman–Crippen LogP) is 0.909. The standard InChI is InChI=1S/C10H13N3O2S/c11-8(14)4-7-5-16-10(12-7)13-9(15)6-2-1-3-6/h5-6H,1-4H2,(H2,11,14)(H,12,13,15). The lowest BCUT2D eigenvalue weighted by molar-refractivity contribution is -0.122. The summed E-state index contributed by atoms with van der Waals surface area (Å²) in [5.74, 6) is -0.239. The Morgan fingerprint density at radius 2 is 2.31 bits per heavy atom. The molecule has 3 N–H and O–H groups in total. The van der Waals surface area contributed by atoms with Crippen molar-refractivity contribution in [2.45, 2.75) is 25.7 Å². The maximum atomic E-state index is 11.6. The monoisotopic (exact) mass is 239 g/mol. The predicted molar refractivity (Wildman–Crippen MR) is 61.0 cm³/mol. The van der Waals surface area contributed by atoms with Gasteiger partial charge in [0.25, 0.3) is 0 Å². The van der Waals surface area contributed by atoms with Crippen LogP contribution in [0.5, 0.6) is 0 Å². The van der Waals surface area contributed by atoms with Crippen molar-refractivity contribution in [1.29, 1.82) is 0 Å². The highest BCUT2D eigenvalue weighted by atomic mass is 32.1. The summed E-state index contributed by atoms with van der Waals surface area (Å²) in [7, 11) is 0. The Morgan fingerprint density at radius 3 is 2.88 bits per heavy atom. The first-order valence-electron chi connectivity index (χ1n) is 5.18. The highest BCUT2D eigenvalue weighted by Gasteiger charge is 2.25. The molecule has 0 bridgehead atoms. The van der Waals surface area contributed by atoms with Gasteiger partial charge < -0.3 is 11.1 Å². The van der Waals surface area contributed by atoms with E-state index in [1.54, 1.807) is 5.38 Å². The molecule has 0 saturated heterocycles. The minimum atomic E-state index is -0.415. The summed E-state index contributed by atoms with van der Waals surface area (Å²) >= 11 is 1.32. The summed E-state index contributed by atoms with van der Waals surface area (Å²) < 4.78 is 0. The van der Waals surface area contributed by atoms with Crippen molar-refractivity contribution in [3.05, 3.63) is 11.1 Å². The van der Waals surface area contributed by atoms with Crippen LogP contribution >= 0.6 is 11.3 Å². The molecule has 5 nitrogen and oxygen atoms in total. The normalized spacial score (nSPS) is 15.5. The van der Waals surface area contributed by atoms with Crippen molar-refractivity contribution in [3.8, 4) is 0 Å². The van der Waals surface area contributed by atoms with Gasteiger partial charge in [0, 0.05) is 11.3 Å². The molecule has 0 unspecified atom stereocenters. The second-order valence-electron chi connectivity index (χ2n) is 3.90. The van der Waals surface area contributed by atoms with Crippen LogP contribution in [0.15, 0.2) is 5.38 Å². The molecule has 6 heteroatoms. The van der Waals surface area contributed by atoms with E-state index in [0.717, 1.165) is 19.3 Å². The summed E-state index contributed by atoms with van der Waals surface area (Å²) in [4.78, 5) is 26.4. The molecule has 1 heterocycles. The van der Waals surface area contributed by atoms with E-state index in [0.29, 0.717) is 10.8 Å². The lowest BCUT2D eigenvalue weighted by Crippen LogP contribution is -2.28. The number of hydrogen-bond acceptors (Lipinski definition) is 4. The lowest BCUT2D eigenvalue weighted by Gasteiger charge is -2.23. The van der Waals surface area contributed by atoms with Crippen molar-refractivity contribution in [3.63, 3.8) is 0 Å². The van der Waals surface area contributed by atoms with E-state index >= 15 is 0 Å². The van der Waals surface area contributed by atoms with Gasteiger partial charge in [-0.1, -0.05) is 6.42 Å². The molecule has 0 atom stereocenters. The van der Waals surface area contributed by atoms with Gasteiger partial charge in [-0.05, 0) is 12.8 Å². The molecule has 1 saturated carbocycles. The molecule has 1 aromatic heterocycles. The molecule has 0 aliphatic heterocycles. The van der Waals surface area contributed by atoms with Gasteiger partial charge in [0.1, 0.15) is 0 Å². The summed E-state index contributed by atoms with van der Waals surface area (Å²) in [6, 6.07) is 0. The summed E-state index contributed by atoms with van der Waals surface area (Å²) in [6.07, 6.45) is 3.18. The molecule has 0 radical (unpaired) electrons. The molecule has 1 aliphatic rings. The topological polar surface area (TPSA) is 85.1 Å². The van der Waals surface area contributed by atoms with Crippen LogP contribution in [0.1, 0.15) is 25.0 Å². The highest BCUT2D eigenvalue weighted by molar-refractivity contribution is 7.13. The zero-order valence-electron chi connectivity index (χ0n) is 8.73. The molecule has 2 amide bonds. The third-order valence-electron chi connectivity index (χ3n) is 2.61. The lowest BCUT2D eigenvalue weighted by atomic mass is 9.85. The Hall–Kier alpha value is -1.43. The Labute approximate surface area is 97.1 Å². The first-order chi connectivity index (χ1) is 7.65. The smallest absolute Gasteiger partial charge is 0.229 e. The van der Waals surface area contributed by atoms with Crippen LogP contribution in [-0.2, 0) is 16.0 Å². The van der Waals surface area contributed by atoms with Crippen LogP contribution in [0.25, 0.3) is 0 Å². The number of carbonyl (C=O) groups is 2. The molecule has 1 aromatic rings. The molecule has 1 fully saturated rings. The maximum absolute atomic E-state index is 11.6. The number of nitrogens with one attached hydrogen (secondary N) is 1. The van der Waals surface area contributed by atoms with Crippen LogP contribution in [0.2, 0.25) is 0 Å². The van der Waals surface area contributed by atoms with E-state index in [9.17, 15) is 9.59 Å². The largest absolute Gasteiger partial charge is 0.369 e. The maximum Gasteiger partial charge on any atom is 0.229 e. The van der Waals surface area contributed by atoms with Crippen molar-refractivity contribution < 1.29 is 9.59 Å². The number of thiazole rings is 1. The minimum Gasteiger partial charge on any atom is -0.369 e. The zero-order chi connectivity index (χ0) is 11.5. The van der Waals surface area contributed by atoms with Gasteiger partial charge >= 0.3 is 0 Å². The number of nitrogens with zero attached hydrogens (tertiary/aromatic N) is 1. The molecule has 1 aliphatic carbocycles. The third-order valence-corrected chi connectivity index (χ3v) is 3.42. The molecule has 16 heavy (non-hydrogen) atoms. The average molecular weight is 239 g/mol. The highest BCUT2D eigenvalue weighted by Crippen LogP contribution is 2.28. The van der Waals surface area contributed by atoms with E-state index < -0.39 is 5.91 Å². The number of primary amides is 1. The van der Waals surface area contributed by atoms with Crippen molar-refractivity contribution in [2.75, 3.05) is 5.32 Å². The van der Waals surface area contributed by atoms with Gasteiger partial charge in [0.05, 0.1) is 12.1 Å². The van der Waals surface area contributed by atoms with E-state index in [-0.39, 0.29) is 18.2 Å². The van der Waals surface area contributed by atoms with Crippen molar-refractivity contribution >= 4 is 28.3 Å². The van der Waals surface area contributed by atoms with Crippen LogP contribution in [-0.4, -0.2) is 16.8 Å². The van der Waals surface area contributed by atoms with E-state index in [4.69, 9.17) is 5.73 Å². The molecule has 2 rings (SSSR count). The molecular formula is C10H13N3O2S. The summed E-state index contributed by atoms with van der Waals surface area (Å²) in [6.45, 7) is 0. The quantitative estimate of drug-likeness (QED) is 0.819. The Bertz CT molecular complexity index is 412. The van der Waals surface area contributed by atoms with Crippen LogP contribution in [0.4, 0.5) is 5.13 Å². The van der Waals surface area contributed by atoms with Crippen molar-refractivity contribution in [2.24, 2.45) is 11.7 Å². The number of aromatic nitrogens is 1. The van der Waals surface area contributed by atoms with Crippen molar-refractivity contribution in [1.82, 2.24) is 4.98 Å². The molecular weight excluding hydrogens is 226 g/mol. The summed E-state index contributed by atoms with van der Waals surface area (Å²) in [5, 5.41) is 5.04. The van der Waals surface area contributed by atoms with Gasteiger partial charge in [0.2, 0.25) is 11.8 Å². The number of amides is 2. The Balaban J connectivity index is 1.91. The number of anilines is 1. The Morgan fingerprint density at radius 1 is 1.56 bits per heavy atom. The molecule has 86 valence electrons.